The molecule has 0 spiro atoms. The zero-order chi connectivity index (χ0) is 15.2. The van der Waals surface area contributed by atoms with Crippen molar-refractivity contribution in [3.8, 4) is 0 Å². The number of esters is 1. The second-order valence-corrected chi connectivity index (χ2v) is 6.50. The molecular formula is C11H21N3O5S. The van der Waals surface area contributed by atoms with Crippen molar-refractivity contribution < 1.29 is 22.7 Å². The number of carbonyl (C=O) groups is 2. The number of carbonyl (C=O) groups excluding carboxylic acids is 2. The Morgan fingerprint density at radius 3 is 2.50 bits per heavy atom. The van der Waals surface area contributed by atoms with Crippen molar-refractivity contribution >= 4 is 22.1 Å². The Bertz CT molecular complexity index is 447. The molecule has 1 amide bonds. The normalized spacial score (nSPS) is 15.2. The first-order valence-corrected chi connectivity index (χ1v) is 7.86. The zero-order valence-corrected chi connectivity index (χ0v) is 12.5. The molecule has 0 aromatic heterocycles. The van der Waals surface area contributed by atoms with Crippen LogP contribution in [0.3, 0.4) is 0 Å². The van der Waals surface area contributed by atoms with Gasteiger partial charge in [-0.05, 0) is 12.8 Å². The average molecular weight is 307 g/mol. The molecule has 0 atom stereocenters. The highest BCUT2D eigenvalue weighted by Crippen LogP contribution is 2.18. The van der Waals surface area contributed by atoms with E-state index in [0.29, 0.717) is 0 Å². The number of rotatable bonds is 9. The monoisotopic (exact) mass is 307 g/mol. The summed E-state index contributed by atoms with van der Waals surface area (Å²) in [6.45, 7) is 0.0553. The minimum Gasteiger partial charge on any atom is -0.469 e. The molecule has 0 unspecified atom stereocenters. The first-order valence-electron chi connectivity index (χ1n) is 6.42. The summed E-state index contributed by atoms with van der Waals surface area (Å²) in [5.41, 5.74) is 0. The SMILES string of the molecule is COC(=O)CCN(C)S(=O)(=O)NCCC(=O)NC1CC1. The van der Waals surface area contributed by atoms with Crippen LogP contribution < -0.4 is 10.0 Å². The number of ether oxygens (including phenoxy) is 1. The molecule has 8 nitrogen and oxygen atoms in total. The number of hydrogen-bond acceptors (Lipinski definition) is 5. The first-order chi connectivity index (χ1) is 9.35. The van der Waals surface area contributed by atoms with Crippen LogP contribution in [0.1, 0.15) is 25.7 Å². The molecule has 9 heteroatoms. The van der Waals surface area contributed by atoms with E-state index < -0.39 is 16.2 Å². The van der Waals surface area contributed by atoms with Gasteiger partial charge in [0, 0.05) is 32.6 Å². The van der Waals surface area contributed by atoms with E-state index in [1.54, 1.807) is 0 Å². The van der Waals surface area contributed by atoms with E-state index >= 15 is 0 Å². The fourth-order valence-corrected chi connectivity index (χ4v) is 2.31. The topological polar surface area (TPSA) is 105 Å². The lowest BCUT2D eigenvalue weighted by atomic mass is 10.4. The molecule has 20 heavy (non-hydrogen) atoms. The number of nitrogens with one attached hydrogen (secondary N) is 2. The second kappa shape index (κ2) is 7.55. The van der Waals surface area contributed by atoms with Gasteiger partial charge in [-0.15, -0.1) is 0 Å². The third-order valence-corrected chi connectivity index (χ3v) is 4.42. The minimum atomic E-state index is -3.68. The van der Waals surface area contributed by atoms with Crippen LogP contribution in [-0.2, 0) is 24.5 Å². The van der Waals surface area contributed by atoms with Gasteiger partial charge < -0.3 is 10.1 Å². The van der Waals surface area contributed by atoms with Gasteiger partial charge in [-0.1, -0.05) is 0 Å². The summed E-state index contributed by atoms with van der Waals surface area (Å²) in [5, 5.41) is 2.77. The summed E-state index contributed by atoms with van der Waals surface area (Å²) in [6.07, 6.45) is 2.07. The van der Waals surface area contributed by atoms with Gasteiger partial charge in [0.05, 0.1) is 13.5 Å². The van der Waals surface area contributed by atoms with Crippen LogP contribution in [0.25, 0.3) is 0 Å². The van der Waals surface area contributed by atoms with Crippen LogP contribution in [0, 0.1) is 0 Å². The molecular weight excluding hydrogens is 286 g/mol. The van der Waals surface area contributed by atoms with Crippen LogP contribution in [0.5, 0.6) is 0 Å². The molecule has 1 aliphatic rings. The predicted molar refractivity (Wildman–Crippen MR) is 72.0 cm³/mol. The smallest absolute Gasteiger partial charge is 0.306 e. The maximum atomic E-state index is 11.8. The van der Waals surface area contributed by atoms with Crippen molar-refractivity contribution in [2.24, 2.45) is 0 Å². The number of methoxy groups -OCH3 is 1. The lowest BCUT2D eigenvalue weighted by Gasteiger charge is -2.16. The Kier molecular flexibility index (Phi) is 6.37. The molecule has 1 fully saturated rings. The summed E-state index contributed by atoms with van der Waals surface area (Å²) >= 11 is 0. The van der Waals surface area contributed by atoms with E-state index in [9.17, 15) is 18.0 Å². The quantitative estimate of drug-likeness (QED) is 0.531. The molecule has 1 saturated carbocycles. The fourth-order valence-electron chi connectivity index (χ4n) is 1.40. The molecule has 2 N–H and O–H groups in total. The van der Waals surface area contributed by atoms with E-state index in [-0.39, 0.29) is 37.9 Å². The van der Waals surface area contributed by atoms with E-state index in [2.05, 4.69) is 14.8 Å². The predicted octanol–water partition coefficient (Wildman–Crippen LogP) is -1.02. The molecule has 0 radical (unpaired) electrons. The molecule has 1 rings (SSSR count). The largest absolute Gasteiger partial charge is 0.469 e. The summed E-state index contributed by atoms with van der Waals surface area (Å²) in [4.78, 5) is 22.3. The highest BCUT2D eigenvalue weighted by atomic mass is 32.2. The van der Waals surface area contributed by atoms with Crippen LogP contribution in [-0.4, -0.2) is 57.9 Å². The lowest BCUT2D eigenvalue weighted by molar-refractivity contribution is -0.140. The Morgan fingerprint density at radius 2 is 1.95 bits per heavy atom. The third kappa shape index (κ3) is 6.31. The van der Waals surface area contributed by atoms with Crippen LogP contribution >= 0.6 is 0 Å². The number of hydrogen-bond donors (Lipinski definition) is 2. The van der Waals surface area contributed by atoms with E-state index in [4.69, 9.17) is 0 Å². The third-order valence-electron chi connectivity index (χ3n) is 2.85. The summed E-state index contributed by atoms with van der Waals surface area (Å²) in [7, 11) is -1.08. The Morgan fingerprint density at radius 1 is 1.30 bits per heavy atom. The molecule has 1 aliphatic carbocycles. The van der Waals surface area contributed by atoms with Gasteiger partial charge in [-0.3, -0.25) is 9.59 Å². The number of amides is 1. The van der Waals surface area contributed by atoms with Crippen molar-refractivity contribution in [2.45, 2.75) is 31.7 Å². The van der Waals surface area contributed by atoms with Crippen LogP contribution in [0.15, 0.2) is 0 Å². The van der Waals surface area contributed by atoms with Crippen molar-refractivity contribution in [3.05, 3.63) is 0 Å². The Balaban J connectivity index is 2.24. The second-order valence-electron chi connectivity index (χ2n) is 4.64. The molecule has 0 aliphatic heterocycles. The zero-order valence-electron chi connectivity index (χ0n) is 11.7. The van der Waals surface area contributed by atoms with Gasteiger partial charge in [0.15, 0.2) is 0 Å². The molecule has 0 heterocycles. The van der Waals surface area contributed by atoms with Gasteiger partial charge in [-0.2, -0.15) is 12.7 Å². The Hall–Kier alpha value is -1.19. The molecule has 0 aromatic carbocycles. The van der Waals surface area contributed by atoms with E-state index in [1.807, 2.05) is 0 Å². The standard InChI is InChI=1S/C11H21N3O5S/c1-14(8-6-11(16)19-2)20(17,18)12-7-5-10(15)13-9-3-4-9/h9,12H,3-8H2,1-2H3,(H,13,15). The summed E-state index contributed by atoms with van der Waals surface area (Å²) < 4.78 is 31.3. The lowest BCUT2D eigenvalue weighted by Crippen LogP contribution is -2.41. The molecule has 0 aromatic rings. The van der Waals surface area contributed by atoms with Crippen LogP contribution in [0.4, 0.5) is 0 Å². The highest BCUT2D eigenvalue weighted by molar-refractivity contribution is 7.87. The van der Waals surface area contributed by atoms with Gasteiger partial charge in [-0.25, -0.2) is 4.72 Å². The summed E-state index contributed by atoms with van der Waals surface area (Å²) in [5.74, 6) is -0.636. The fraction of sp³-hybridized carbons (Fsp3) is 0.818. The van der Waals surface area contributed by atoms with Gasteiger partial charge >= 0.3 is 5.97 Å². The van der Waals surface area contributed by atoms with Crippen molar-refractivity contribution in [3.63, 3.8) is 0 Å². The highest BCUT2D eigenvalue weighted by Gasteiger charge is 2.23. The molecule has 0 saturated heterocycles. The van der Waals surface area contributed by atoms with Crippen molar-refractivity contribution in [2.75, 3.05) is 27.2 Å². The van der Waals surface area contributed by atoms with E-state index in [0.717, 1.165) is 17.1 Å². The average Bonchev–Trinajstić information content (AvgIpc) is 3.18. The maximum absolute atomic E-state index is 11.8. The van der Waals surface area contributed by atoms with Crippen molar-refractivity contribution in [1.82, 2.24) is 14.3 Å². The molecule has 0 bridgehead atoms. The molecule has 116 valence electrons. The van der Waals surface area contributed by atoms with Gasteiger partial charge in [0.25, 0.3) is 10.2 Å². The number of nitrogens with zero attached hydrogens (tertiary/aromatic N) is 1. The van der Waals surface area contributed by atoms with Gasteiger partial charge in [0.1, 0.15) is 0 Å². The van der Waals surface area contributed by atoms with Crippen LogP contribution in [0.2, 0.25) is 0 Å². The maximum Gasteiger partial charge on any atom is 0.306 e. The minimum absolute atomic E-state index is 0.0178. The first kappa shape index (κ1) is 16.9. The summed E-state index contributed by atoms with van der Waals surface area (Å²) in [6, 6.07) is 0.266. The van der Waals surface area contributed by atoms with Crippen molar-refractivity contribution in [1.29, 1.82) is 0 Å². The van der Waals surface area contributed by atoms with E-state index in [1.165, 1.54) is 14.2 Å². The Labute approximate surface area is 119 Å². The van der Waals surface area contributed by atoms with Gasteiger partial charge in [0.2, 0.25) is 5.91 Å².